The third kappa shape index (κ3) is 6.86. The van der Waals surface area contributed by atoms with Gasteiger partial charge in [-0.25, -0.2) is 0 Å². The highest BCUT2D eigenvalue weighted by atomic mass is 31.2. The van der Waals surface area contributed by atoms with Crippen molar-refractivity contribution in [2.75, 3.05) is 14.1 Å². The van der Waals surface area contributed by atoms with E-state index in [0.717, 1.165) is 22.3 Å². The van der Waals surface area contributed by atoms with Gasteiger partial charge >= 0.3 is 7.82 Å². The molecule has 6 nitrogen and oxygen atoms in total. The predicted octanol–water partition coefficient (Wildman–Crippen LogP) is 6.02. The van der Waals surface area contributed by atoms with E-state index in [1.165, 1.54) is 19.7 Å². The van der Waals surface area contributed by atoms with E-state index in [4.69, 9.17) is 13.6 Å². The van der Waals surface area contributed by atoms with E-state index >= 15 is 0 Å². The standard InChI is InChI=1S/C23H25O4P.2CH5N/c1-16-17(2)19(4)23(20(5)18(16)3)27-28(24,25-21-12-8-6-9-13-21)26-22-14-10-7-11-15-22;2*1-2/h6-15H,1-5H3;2*2H2,1H3. The minimum atomic E-state index is -3.99. The van der Waals surface area contributed by atoms with E-state index in [-0.39, 0.29) is 0 Å². The maximum Gasteiger partial charge on any atom is 0.647 e. The summed E-state index contributed by atoms with van der Waals surface area (Å²) < 4.78 is 31.1. The molecule has 0 heterocycles. The number of rotatable bonds is 6. The third-order valence-electron chi connectivity index (χ3n) is 5.06. The SMILES string of the molecule is CN.CN.Cc1c(C)c(C)c(OP(=O)(Oc2ccccc2)Oc2ccccc2)c(C)c1C. The second-order valence-electron chi connectivity index (χ2n) is 6.80. The van der Waals surface area contributed by atoms with Crippen molar-refractivity contribution >= 4 is 7.82 Å². The van der Waals surface area contributed by atoms with Gasteiger partial charge in [0.15, 0.2) is 0 Å². The third-order valence-corrected chi connectivity index (χ3v) is 6.33. The van der Waals surface area contributed by atoms with Crippen LogP contribution < -0.4 is 25.0 Å². The Bertz CT molecular complexity index is 951. The van der Waals surface area contributed by atoms with Gasteiger partial charge in [0.25, 0.3) is 0 Å². The zero-order valence-electron chi connectivity index (χ0n) is 20.0. The first-order valence-electron chi connectivity index (χ1n) is 10.3. The molecule has 3 rings (SSSR count). The van der Waals surface area contributed by atoms with Crippen molar-refractivity contribution in [2.45, 2.75) is 34.6 Å². The molecule has 0 radical (unpaired) electrons. The van der Waals surface area contributed by atoms with Crippen LogP contribution in [0.3, 0.4) is 0 Å². The molecule has 174 valence electrons. The lowest BCUT2D eigenvalue weighted by atomic mass is 9.94. The molecule has 3 aromatic rings. The molecule has 7 heteroatoms. The van der Waals surface area contributed by atoms with Gasteiger partial charge in [-0.3, -0.25) is 0 Å². The number of phosphoric ester groups is 1. The Morgan fingerprint density at radius 2 is 0.844 bits per heavy atom. The Kier molecular flexibility index (Phi) is 11.0. The Morgan fingerprint density at radius 1 is 0.531 bits per heavy atom. The van der Waals surface area contributed by atoms with Gasteiger partial charge in [-0.05, 0) is 101 Å². The van der Waals surface area contributed by atoms with Gasteiger partial charge in [0.05, 0.1) is 0 Å². The van der Waals surface area contributed by atoms with Crippen LogP contribution in [0.4, 0.5) is 0 Å². The lowest BCUT2D eigenvalue weighted by Crippen LogP contribution is -2.10. The van der Waals surface area contributed by atoms with Crippen molar-refractivity contribution in [1.29, 1.82) is 0 Å². The number of hydrogen-bond acceptors (Lipinski definition) is 6. The van der Waals surface area contributed by atoms with Gasteiger partial charge < -0.3 is 25.0 Å². The van der Waals surface area contributed by atoms with E-state index < -0.39 is 7.82 Å². The van der Waals surface area contributed by atoms with Crippen LogP contribution in [-0.4, -0.2) is 14.1 Å². The average molecular weight is 459 g/mol. The molecule has 0 fully saturated rings. The quantitative estimate of drug-likeness (QED) is 0.438. The van der Waals surface area contributed by atoms with E-state index in [1.807, 2.05) is 39.8 Å². The molecule has 0 spiro atoms. The van der Waals surface area contributed by atoms with E-state index in [9.17, 15) is 4.57 Å². The van der Waals surface area contributed by atoms with Crippen molar-refractivity contribution in [3.8, 4) is 17.2 Å². The summed E-state index contributed by atoms with van der Waals surface area (Å²) in [4.78, 5) is 0. The van der Waals surface area contributed by atoms with Crippen molar-refractivity contribution in [3.63, 3.8) is 0 Å². The summed E-state index contributed by atoms with van der Waals surface area (Å²) in [5, 5.41) is 0. The summed E-state index contributed by atoms with van der Waals surface area (Å²) in [5.41, 5.74) is 14.3. The largest absolute Gasteiger partial charge is 0.647 e. The minimum Gasteiger partial charge on any atom is -0.386 e. The summed E-state index contributed by atoms with van der Waals surface area (Å²) in [6.45, 7) is 10.1. The molecular formula is C25H35N2O4P. The lowest BCUT2D eigenvalue weighted by Gasteiger charge is -2.23. The van der Waals surface area contributed by atoms with Crippen LogP contribution in [0.15, 0.2) is 60.7 Å². The first-order chi connectivity index (χ1) is 15.3. The fourth-order valence-corrected chi connectivity index (χ4v) is 4.36. The molecule has 0 aliphatic heterocycles. The second kappa shape index (κ2) is 12.9. The van der Waals surface area contributed by atoms with Crippen LogP contribution in [0.5, 0.6) is 17.2 Å². The van der Waals surface area contributed by atoms with Gasteiger partial charge in [0, 0.05) is 0 Å². The van der Waals surface area contributed by atoms with Gasteiger partial charge in [-0.1, -0.05) is 36.4 Å². The number of nitrogens with two attached hydrogens (primary N) is 2. The lowest BCUT2D eigenvalue weighted by molar-refractivity contribution is 0.297. The molecule has 0 saturated carbocycles. The Morgan fingerprint density at radius 3 is 1.19 bits per heavy atom. The summed E-state index contributed by atoms with van der Waals surface area (Å²) >= 11 is 0. The van der Waals surface area contributed by atoms with Crippen LogP contribution >= 0.6 is 7.82 Å². The Balaban J connectivity index is 0.00000121. The summed E-state index contributed by atoms with van der Waals surface area (Å²) in [6.07, 6.45) is 0. The molecule has 32 heavy (non-hydrogen) atoms. The molecule has 0 atom stereocenters. The summed E-state index contributed by atoms with van der Waals surface area (Å²) in [5.74, 6) is 1.37. The smallest absolute Gasteiger partial charge is 0.386 e. The molecule has 0 bridgehead atoms. The van der Waals surface area contributed by atoms with Crippen molar-refractivity contribution < 1.29 is 18.1 Å². The first kappa shape index (κ1) is 27.2. The van der Waals surface area contributed by atoms with E-state index in [0.29, 0.717) is 17.2 Å². The highest BCUT2D eigenvalue weighted by Crippen LogP contribution is 2.51. The first-order valence-corrected chi connectivity index (χ1v) is 11.8. The van der Waals surface area contributed by atoms with Gasteiger partial charge in [0.2, 0.25) is 0 Å². The van der Waals surface area contributed by atoms with Crippen LogP contribution in [0.1, 0.15) is 27.8 Å². The highest BCUT2D eigenvalue weighted by molar-refractivity contribution is 7.49. The average Bonchev–Trinajstić information content (AvgIpc) is 2.83. The molecule has 0 unspecified atom stereocenters. The molecule has 0 aliphatic rings. The Labute approximate surface area is 192 Å². The topological polar surface area (TPSA) is 96.8 Å². The van der Waals surface area contributed by atoms with Crippen LogP contribution in [-0.2, 0) is 4.57 Å². The van der Waals surface area contributed by atoms with E-state index in [1.54, 1.807) is 48.5 Å². The molecular weight excluding hydrogens is 423 g/mol. The predicted molar refractivity (Wildman–Crippen MR) is 133 cm³/mol. The molecule has 0 saturated heterocycles. The van der Waals surface area contributed by atoms with Crippen LogP contribution in [0, 0.1) is 34.6 Å². The number of benzene rings is 3. The molecule has 3 aromatic carbocycles. The van der Waals surface area contributed by atoms with Crippen LogP contribution in [0.2, 0.25) is 0 Å². The second-order valence-corrected chi connectivity index (χ2v) is 8.24. The zero-order valence-corrected chi connectivity index (χ0v) is 20.9. The van der Waals surface area contributed by atoms with Gasteiger partial charge in [-0.2, -0.15) is 4.57 Å². The highest BCUT2D eigenvalue weighted by Gasteiger charge is 2.35. The minimum absolute atomic E-state index is 0.414. The van der Waals surface area contributed by atoms with Gasteiger partial charge in [-0.15, -0.1) is 0 Å². The molecule has 4 N–H and O–H groups in total. The van der Waals surface area contributed by atoms with Crippen molar-refractivity contribution in [1.82, 2.24) is 0 Å². The normalized spacial score (nSPS) is 10.2. The number of para-hydroxylation sites is 2. The monoisotopic (exact) mass is 458 g/mol. The van der Waals surface area contributed by atoms with Crippen LogP contribution in [0.25, 0.3) is 0 Å². The number of hydrogen-bond donors (Lipinski definition) is 2. The van der Waals surface area contributed by atoms with E-state index in [2.05, 4.69) is 18.4 Å². The van der Waals surface area contributed by atoms with Gasteiger partial charge in [0.1, 0.15) is 17.2 Å². The molecule has 0 aromatic heterocycles. The van der Waals surface area contributed by atoms with Crippen molar-refractivity contribution in [3.05, 3.63) is 88.5 Å². The fourth-order valence-electron chi connectivity index (χ4n) is 2.99. The number of phosphoric acid groups is 1. The summed E-state index contributed by atoms with van der Waals surface area (Å²) in [6, 6.07) is 17.8. The maximum absolute atomic E-state index is 13.7. The molecule has 0 aliphatic carbocycles. The fraction of sp³-hybridized carbons (Fsp3) is 0.280. The van der Waals surface area contributed by atoms with Crippen molar-refractivity contribution in [2.24, 2.45) is 11.5 Å². The zero-order chi connectivity index (χ0) is 24.3. The summed E-state index contributed by atoms with van der Waals surface area (Å²) in [7, 11) is -0.994. The Hall–Kier alpha value is -2.79. The molecule has 0 amide bonds. The maximum atomic E-state index is 13.7.